The molecule has 2 fully saturated rings. The van der Waals surface area contributed by atoms with Crippen LogP contribution in [0.15, 0.2) is 0 Å². The summed E-state index contributed by atoms with van der Waals surface area (Å²) in [7, 11) is 0. The van der Waals surface area contributed by atoms with E-state index < -0.39 is 0 Å². The molecule has 0 aliphatic carbocycles. The van der Waals surface area contributed by atoms with Gasteiger partial charge >= 0.3 is 0 Å². The molecule has 3 atom stereocenters. The lowest BCUT2D eigenvalue weighted by molar-refractivity contribution is 0.173. The van der Waals surface area contributed by atoms with Crippen LogP contribution < -0.4 is 5.32 Å². The third-order valence-corrected chi connectivity index (χ3v) is 4.79. The van der Waals surface area contributed by atoms with E-state index >= 15 is 0 Å². The highest BCUT2D eigenvalue weighted by molar-refractivity contribution is 8.01. The highest BCUT2D eigenvalue weighted by atomic mass is 32.2. The summed E-state index contributed by atoms with van der Waals surface area (Å²) in [6.07, 6.45) is 2.52. The molecule has 1 N–H and O–H groups in total. The Kier molecular flexibility index (Phi) is 2.86. The van der Waals surface area contributed by atoms with Gasteiger partial charge in [-0.25, -0.2) is 0 Å². The van der Waals surface area contributed by atoms with Crippen molar-refractivity contribution < 1.29 is 4.74 Å². The number of nitrogens with one attached hydrogen (secondary N) is 1. The lowest BCUT2D eigenvalue weighted by atomic mass is 9.99. The average molecular weight is 201 g/mol. The summed E-state index contributed by atoms with van der Waals surface area (Å²) < 4.78 is 5.46. The van der Waals surface area contributed by atoms with Crippen molar-refractivity contribution in [1.29, 1.82) is 0 Å². The molecule has 2 saturated heterocycles. The zero-order valence-electron chi connectivity index (χ0n) is 8.51. The maximum atomic E-state index is 5.46. The largest absolute Gasteiger partial charge is 0.381 e. The molecule has 2 aliphatic rings. The number of hydrogen-bond donors (Lipinski definition) is 1. The Labute approximate surface area is 84.8 Å². The number of thioether (sulfide) groups is 1. The molecule has 3 unspecified atom stereocenters. The first-order valence-corrected chi connectivity index (χ1v) is 6.09. The Morgan fingerprint density at radius 1 is 1.46 bits per heavy atom. The molecule has 0 aromatic heterocycles. The monoisotopic (exact) mass is 201 g/mol. The zero-order valence-corrected chi connectivity index (χ0v) is 9.32. The minimum absolute atomic E-state index is 0.272. The van der Waals surface area contributed by atoms with Crippen molar-refractivity contribution in [2.24, 2.45) is 5.92 Å². The van der Waals surface area contributed by atoms with E-state index in [1.165, 1.54) is 19.4 Å². The Balaban J connectivity index is 2.00. The van der Waals surface area contributed by atoms with Crippen LogP contribution in [0.2, 0.25) is 0 Å². The van der Waals surface area contributed by atoms with Crippen molar-refractivity contribution in [3.63, 3.8) is 0 Å². The van der Waals surface area contributed by atoms with Gasteiger partial charge in [-0.2, -0.15) is 0 Å². The van der Waals surface area contributed by atoms with Crippen molar-refractivity contribution in [1.82, 2.24) is 5.32 Å². The Morgan fingerprint density at radius 3 is 2.92 bits per heavy atom. The van der Waals surface area contributed by atoms with E-state index in [9.17, 15) is 0 Å². The van der Waals surface area contributed by atoms with Gasteiger partial charge in [0.1, 0.15) is 0 Å². The molecule has 13 heavy (non-hydrogen) atoms. The Hall–Kier alpha value is 0.270. The van der Waals surface area contributed by atoms with Crippen LogP contribution in [0.1, 0.15) is 26.7 Å². The van der Waals surface area contributed by atoms with Gasteiger partial charge in [-0.1, -0.05) is 6.92 Å². The molecule has 0 radical (unpaired) electrons. The molecule has 3 heteroatoms. The van der Waals surface area contributed by atoms with Crippen molar-refractivity contribution in [2.75, 3.05) is 19.8 Å². The summed E-state index contributed by atoms with van der Waals surface area (Å²) in [6, 6.07) is 0. The van der Waals surface area contributed by atoms with E-state index in [0.29, 0.717) is 5.92 Å². The molecular formula is C10H19NOS. The van der Waals surface area contributed by atoms with Gasteiger partial charge in [0.2, 0.25) is 0 Å². The van der Waals surface area contributed by atoms with E-state index in [2.05, 4.69) is 30.9 Å². The third kappa shape index (κ3) is 2.03. The van der Waals surface area contributed by atoms with Crippen LogP contribution in [0.25, 0.3) is 0 Å². The topological polar surface area (TPSA) is 21.3 Å². The second kappa shape index (κ2) is 3.79. The van der Waals surface area contributed by atoms with Gasteiger partial charge in [0.15, 0.2) is 0 Å². The maximum absolute atomic E-state index is 5.46. The quantitative estimate of drug-likeness (QED) is 0.699. The molecule has 0 saturated carbocycles. The normalized spacial score (nSPS) is 46.6. The predicted octanol–water partition coefficient (Wildman–Crippen LogP) is 1.85. The summed E-state index contributed by atoms with van der Waals surface area (Å²) in [4.78, 5) is 0.272. The third-order valence-electron chi connectivity index (χ3n) is 3.18. The van der Waals surface area contributed by atoms with Gasteiger partial charge in [0.05, 0.1) is 11.5 Å². The minimum atomic E-state index is 0.272. The second-order valence-electron chi connectivity index (χ2n) is 4.31. The molecule has 2 heterocycles. The van der Waals surface area contributed by atoms with E-state index in [4.69, 9.17) is 4.74 Å². The standard InChI is InChI=1S/C10H19NOS/c1-8-3-5-11-10(2,13-8)9-4-6-12-7-9/h8-9,11H,3-7H2,1-2H3. The van der Waals surface area contributed by atoms with Crippen molar-refractivity contribution in [3.05, 3.63) is 0 Å². The highest BCUT2D eigenvalue weighted by Crippen LogP contribution is 2.40. The van der Waals surface area contributed by atoms with Crippen LogP contribution in [-0.2, 0) is 4.74 Å². The SMILES string of the molecule is CC1CCNC(C)(C2CCOC2)S1. The molecule has 2 nitrogen and oxygen atoms in total. The maximum Gasteiger partial charge on any atom is 0.0670 e. The summed E-state index contributed by atoms with van der Waals surface area (Å²) in [6.45, 7) is 7.74. The number of rotatable bonds is 1. The van der Waals surface area contributed by atoms with Gasteiger partial charge in [0.25, 0.3) is 0 Å². The lowest BCUT2D eigenvalue weighted by Crippen LogP contribution is -2.51. The van der Waals surface area contributed by atoms with Crippen LogP contribution in [0.4, 0.5) is 0 Å². The van der Waals surface area contributed by atoms with Crippen molar-refractivity contribution in [2.45, 2.75) is 36.8 Å². The zero-order chi connectivity index (χ0) is 9.31. The van der Waals surface area contributed by atoms with E-state index in [1.807, 2.05) is 0 Å². The van der Waals surface area contributed by atoms with Gasteiger partial charge in [-0.05, 0) is 26.3 Å². The average Bonchev–Trinajstić information content (AvgIpc) is 2.55. The van der Waals surface area contributed by atoms with Gasteiger partial charge < -0.3 is 10.1 Å². The molecule has 0 aromatic rings. The summed E-state index contributed by atoms with van der Waals surface area (Å²) >= 11 is 2.09. The van der Waals surface area contributed by atoms with Crippen LogP contribution in [0, 0.1) is 5.92 Å². The first-order valence-electron chi connectivity index (χ1n) is 5.21. The summed E-state index contributed by atoms with van der Waals surface area (Å²) in [5, 5.41) is 4.45. The summed E-state index contributed by atoms with van der Waals surface area (Å²) in [5.74, 6) is 0.709. The molecule has 0 amide bonds. The second-order valence-corrected chi connectivity index (χ2v) is 6.20. The van der Waals surface area contributed by atoms with E-state index in [1.54, 1.807) is 0 Å². The predicted molar refractivity (Wildman–Crippen MR) is 57.0 cm³/mol. The first-order chi connectivity index (χ1) is 6.21. The molecule has 76 valence electrons. The fourth-order valence-electron chi connectivity index (χ4n) is 2.25. The summed E-state index contributed by atoms with van der Waals surface area (Å²) in [5.41, 5.74) is 0. The van der Waals surface area contributed by atoms with Crippen molar-refractivity contribution in [3.8, 4) is 0 Å². The molecule has 0 aromatic carbocycles. The first kappa shape index (κ1) is 9.81. The van der Waals surface area contributed by atoms with Crippen LogP contribution in [-0.4, -0.2) is 29.9 Å². The molecule has 2 rings (SSSR count). The van der Waals surface area contributed by atoms with Gasteiger partial charge in [0, 0.05) is 17.8 Å². The van der Waals surface area contributed by atoms with Crippen LogP contribution >= 0.6 is 11.8 Å². The molecule has 0 bridgehead atoms. The molecular weight excluding hydrogens is 182 g/mol. The number of hydrogen-bond acceptors (Lipinski definition) is 3. The van der Waals surface area contributed by atoms with Crippen LogP contribution in [0.3, 0.4) is 0 Å². The molecule has 2 aliphatic heterocycles. The Bertz CT molecular complexity index is 182. The smallest absolute Gasteiger partial charge is 0.0670 e. The minimum Gasteiger partial charge on any atom is -0.381 e. The fraction of sp³-hybridized carbons (Fsp3) is 1.00. The molecule has 0 spiro atoms. The van der Waals surface area contributed by atoms with Crippen LogP contribution in [0.5, 0.6) is 0 Å². The number of ether oxygens (including phenoxy) is 1. The fourth-order valence-corrected chi connectivity index (χ4v) is 3.89. The highest BCUT2D eigenvalue weighted by Gasteiger charge is 2.39. The Morgan fingerprint density at radius 2 is 2.31 bits per heavy atom. The van der Waals surface area contributed by atoms with Gasteiger partial charge in [-0.15, -0.1) is 11.8 Å². The van der Waals surface area contributed by atoms with Crippen molar-refractivity contribution >= 4 is 11.8 Å². The lowest BCUT2D eigenvalue weighted by Gasteiger charge is -2.41. The van der Waals surface area contributed by atoms with E-state index in [-0.39, 0.29) is 4.87 Å². The van der Waals surface area contributed by atoms with Gasteiger partial charge in [-0.3, -0.25) is 0 Å². The van der Waals surface area contributed by atoms with E-state index in [0.717, 1.165) is 18.5 Å².